The number of allylic oxidation sites excluding steroid dienone is 1. The Labute approximate surface area is 193 Å². The SMILES string of the molecule is CCOC(=O)c1cccc(-c2c(C)n(C/C(F)=C/CN)c3ccc(S(=O)(=O)N(C)C)cc23)c1. The van der Waals surface area contributed by atoms with Gasteiger partial charge in [-0.1, -0.05) is 12.1 Å². The Kier molecular flexibility index (Phi) is 7.36. The number of ether oxygens (including phenoxy) is 1. The first kappa shape index (κ1) is 24.6. The van der Waals surface area contributed by atoms with E-state index in [0.717, 1.165) is 10.00 Å². The van der Waals surface area contributed by atoms with E-state index in [-0.39, 0.29) is 24.6 Å². The van der Waals surface area contributed by atoms with Gasteiger partial charge in [0.25, 0.3) is 0 Å². The lowest BCUT2D eigenvalue weighted by Crippen LogP contribution is -2.22. The van der Waals surface area contributed by atoms with Gasteiger partial charge in [0.2, 0.25) is 10.0 Å². The van der Waals surface area contributed by atoms with Gasteiger partial charge in [-0.15, -0.1) is 0 Å². The summed E-state index contributed by atoms with van der Waals surface area (Å²) in [5.74, 6) is -0.845. The van der Waals surface area contributed by atoms with Crippen molar-refractivity contribution < 1.29 is 22.3 Å². The van der Waals surface area contributed by atoms with Crippen LogP contribution in [-0.4, -0.2) is 50.5 Å². The van der Waals surface area contributed by atoms with Crippen molar-refractivity contribution in [3.05, 3.63) is 65.6 Å². The summed E-state index contributed by atoms with van der Waals surface area (Å²) in [6, 6.07) is 11.7. The van der Waals surface area contributed by atoms with Crippen LogP contribution in [0.1, 0.15) is 23.0 Å². The molecule has 1 heterocycles. The number of nitrogens with two attached hydrogens (primary N) is 1. The molecule has 1 aromatic heterocycles. The maximum atomic E-state index is 14.4. The third-order valence-electron chi connectivity index (χ3n) is 5.38. The summed E-state index contributed by atoms with van der Waals surface area (Å²) in [5, 5.41) is 0.636. The maximum absolute atomic E-state index is 14.4. The molecule has 2 aromatic carbocycles. The first-order valence-corrected chi connectivity index (χ1v) is 11.9. The second kappa shape index (κ2) is 9.86. The molecule has 0 saturated heterocycles. The standard InChI is InChI=1S/C24H28FN3O4S/c1-5-32-24(29)18-8-6-7-17(13-18)23-16(2)28(15-19(25)11-12-26)22-10-9-20(14-21(22)23)33(30,31)27(3)4/h6-11,13-14H,5,12,15,26H2,1-4H3/b19-11-. The Morgan fingerprint density at radius 1 is 1.21 bits per heavy atom. The molecule has 2 N–H and O–H groups in total. The minimum atomic E-state index is -3.68. The number of hydrogen-bond donors (Lipinski definition) is 1. The molecule has 3 aromatic rings. The van der Waals surface area contributed by atoms with Gasteiger partial charge in [0.15, 0.2) is 0 Å². The Morgan fingerprint density at radius 3 is 2.58 bits per heavy atom. The van der Waals surface area contributed by atoms with E-state index in [1.54, 1.807) is 41.8 Å². The molecule has 0 saturated carbocycles. The van der Waals surface area contributed by atoms with Crippen LogP contribution in [0.15, 0.2) is 59.3 Å². The first-order valence-electron chi connectivity index (χ1n) is 10.5. The van der Waals surface area contributed by atoms with Crippen LogP contribution in [0.25, 0.3) is 22.0 Å². The van der Waals surface area contributed by atoms with Crippen molar-refractivity contribution >= 4 is 26.9 Å². The average Bonchev–Trinajstić information content (AvgIpc) is 3.04. The molecule has 0 aliphatic rings. The van der Waals surface area contributed by atoms with Gasteiger partial charge < -0.3 is 15.0 Å². The van der Waals surface area contributed by atoms with E-state index in [1.165, 1.54) is 26.2 Å². The van der Waals surface area contributed by atoms with Gasteiger partial charge >= 0.3 is 5.97 Å². The lowest BCUT2D eigenvalue weighted by molar-refractivity contribution is 0.0526. The van der Waals surface area contributed by atoms with E-state index >= 15 is 0 Å². The Balaban J connectivity index is 2.31. The van der Waals surface area contributed by atoms with Crippen LogP contribution in [0.4, 0.5) is 4.39 Å². The molecule has 33 heavy (non-hydrogen) atoms. The normalized spacial score (nSPS) is 12.5. The molecule has 7 nitrogen and oxygen atoms in total. The lowest BCUT2D eigenvalue weighted by Gasteiger charge is -2.12. The van der Waals surface area contributed by atoms with E-state index in [2.05, 4.69) is 0 Å². The highest BCUT2D eigenvalue weighted by atomic mass is 32.2. The van der Waals surface area contributed by atoms with Crippen molar-refractivity contribution in [2.75, 3.05) is 27.2 Å². The second-order valence-corrected chi connectivity index (χ2v) is 9.85. The number of halogens is 1. The van der Waals surface area contributed by atoms with Gasteiger partial charge in [0, 0.05) is 42.8 Å². The largest absolute Gasteiger partial charge is 0.462 e. The predicted molar refractivity (Wildman–Crippen MR) is 127 cm³/mol. The number of nitrogens with zero attached hydrogens (tertiary/aromatic N) is 2. The Bertz CT molecular complexity index is 1330. The quantitative estimate of drug-likeness (QED) is 0.502. The molecule has 0 unspecified atom stereocenters. The fourth-order valence-corrected chi connectivity index (χ4v) is 4.69. The fourth-order valence-electron chi connectivity index (χ4n) is 3.76. The molecule has 0 aliphatic heterocycles. The summed E-state index contributed by atoms with van der Waals surface area (Å²) in [6.07, 6.45) is 1.30. The molecule has 0 amide bonds. The smallest absolute Gasteiger partial charge is 0.338 e. The number of fused-ring (bicyclic) bond motifs is 1. The first-order chi connectivity index (χ1) is 15.6. The Morgan fingerprint density at radius 2 is 1.94 bits per heavy atom. The molecule has 0 spiro atoms. The van der Waals surface area contributed by atoms with Crippen molar-refractivity contribution in [3.8, 4) is 11.1 Å². The summed E-state index contributed by atoms with van der Waals surface area (Å²) in [5.41, 5.74) is 8.64. The monoisotopic (exact) mass is 473 g/mol. The van der Waals surface area contributed by atoms with Gasteiger partial charge in [-0.2, -0.15) is 0 Å². The number of rotatable bonds is 8. The van der Waals surface area contributed by atoms with Crippen LogP contribution >= 0.6 is 0 Å². The van der Waals surface area contributed by atoms with Crippen LogP contribution < -0.4 is 5.73 Å². The van der Waals surface area contributed by atoms with Gasteiger partial charge in [-0.25, -0.2) is 21.9 Å². The molecule has 9 heteroatoms. The van der Waals surface area contributed by atoms with Crippen LogP contribution in [0.2, 0.25) is 0 Å². The number of carbonyl (C=O) groups excluding carboxylic acids is 1. The highest BCUT2D eigenvalue weighted by molar-refractivity contribution is 7.89. The molecule has 176 valence electrons. The number of esters is 1. The molecular weight excluding hydrogens is 445 g/mol. The van der Waals surface area contributed by atoms with Crippen LogP contribution in [0.3, 0.4) is 0 Å². The zero-order valence-corrected chi connectivity index (χ0v) is 19.9. The minimum absolute atomic E-state index is 0.0448. The second-order valence-electron chi connectivity index (χ2n) is 7.70. The fraction of sp³-hybridized carbons (Fsp3) is 0.292. The summed E-state index contributed by atoms with van der Waals surface area (Å²) in [7, 11) is -0.754. The molecule has 0 aliphatic carbocycles. The topological polar surface area (TPSA) is 94.6 Å². The van der Waals surface area contributed by atoms with Gasteiger partial charge in [-0.05, 0) is 55.8 Å². The summed E-state index contributed by atoms with van der Waals surface area (Å²) in [6.45, 7) is 3.85. The Hall–Kier alpha value is -3.01. The minimum Gasteiger partial charge on any atom is -0.462 e. The average molecular weight is 474 g/mol. The number of aromatic nitrogens is 1. The highest BCUT2D eigenvalue weighted by Gasteiger charge is 2.22. The van der Waals surface area contributed by atoms with Crippen LogP contribution in [-0.2, 0) is 21.3 Å². The van der Waals surface area contributed by atoms with Crippen molar-refractivity contribution in [1.82, 2.24) is 8.87 Å². The molecule has 3 rings (SSSR count). The number of carbonyl (C=O) groups is 1. The van der Waals surface area contributed by atoms with Crippen molar-refractivity contribution in [3.63, 3.8) is 0 Å². The highest BCUT2D eigenvalue weighted by Crippen LogP contribution is 2.37. The van der Waals surface area contributed by atoms with Crippen molar-refractivity contribution in [2.24, 2.45) is 5.73 Å². The maximum Gasteiger partial charge on any atom is 0.338 e. The van der Waals surface area contributed by atoms with Gasteiger partial charge in [-0.3, -0.25) is 0 Å². The van der Waals surface area contributed by atoms with E-state index in [4.69, 9.17) is 10.5 Å². The molecule has 0 atom stereocenters. The number of sulfonamides is 1. The van der Waals surface area contributed by atoms with E-state index in [9.17, 15) is 17.6 Å². The van der Waals surface area contributed by atoms with Gasteiger partial charge in [0.1, 0.15) is 5.83 Å². The molecule has 0 radical (unpaired) electrons. The van der Waals surface area contributed by atoms with Crippen molar-refractivity contribution in [1.29, 1.82) is 0 Å². The van der Waals surface area contributed by atoms with E-state index in [1.807, 2.05) is 13.0 Å². The molecule has 0 bridgehead atoms. The molecular formula is C24H28FN3O4S. The summed E-state index contributed by atoms with van der Waals surface area (Å²) < 4.78 is 48.0. The lowest BCUT2D eigenvalue weighted by atomic mass is 10.00. The zero-order valence-electron chi connectivity index (χ0n) is 19.1. The van der Waals surface area contributed by atoms with E-state index in [0.29, 0.717) is 27.6 Å². The number of hydrogen-bond acceptors (Lipinski definition) is 5. The zero-order chi connectivity index (χ0) is 24.3. The van der Waals surface area contributed by atoms with Crippen LogP contribution in [0.5, 0.6) is 0 Å². The predicted octanol–water partition coefficient (Wildman–Crippen LogP) is 3.86. The third-order valence-corrected chi connectivity index (χ3v) is 7.20. The van der Waals surface area contributed by atoms with Crippen LogP contribution in [0, 0.1) is 6.92 Å². The van der Waals surface area contributed by atoms with Crippen molar-refractivity contribution in [2.45, 2.75) is 25.3 Å². The third kappa shape index (κ3) is 4.85. The number of benzene rings is 2. The van der Waals surface area contributed by atoms with Gasteiger partial charge in [0.05, 0.1) is 23.6 Å². The summed E-state index contributed by atoms with van der Waals surface area (Å²) >= 11 is 0. The summed E-state index contributed by atoms with van der Waals surface area (Å²) in [4.78, 5) is 12.4. The van der Waals surface area contributed by atoms with E-state index < -0.39 is 21.8 Å². The molecule has 0 fully saturated rings.